The number of ether oxygens (including phenoxy) is 1. The minimum Gasteiger partial charge on any atom is -0.486 e. The van der Waals surface area contributed by atoms with Gasteiger partial charge >= 0.3 is 0 Å². The van der Waals surface area contributed by atoms with Crippen LogP contribution < -0.4 is 10.1 Å². The molecule has 0 fully saturated rings. The zero-order valence-corrected chi connectivity index (χ0v) is 10.5. The number of nitrogens with one attached hydrogen (secondary N) is 1. The molecule has 0 aliphatic carbocycles. The van der Waals surface area contributed by atoms with Crippen molar-refractivity contribution in [1.82, 2.24) is 5.32 Å². The average molecular weight is 267 g/mol. The number of hydrogen-bond donors (Lipinski definition) is 1. The Morgan fingerprint density at radius 2 is 2.11 bits per heavy atom. The minimum atomic E-state index is -0.958. The van der Waals surface area contributed by atoms with Gasteiger partial charge in [-0.05, 0) is 31.2 Å². The van der Waals surface area contributed by atoms with Crippen molar-refractivity contribution in [2.75, 3.05) is 6.54 Å². The van der Waals surface area contributed by atoms with Crippen LogP contribution in [0, 0.1) is 11.6 Å². The maximum Gasteiger partial charge on any atom is 0.200 e. The molecule has 0 aliphatic heterocycles. The molecule has 1 heterocycles. The van der Waals surface area contributed by atoms with Crippen LogP contribution in [0.25, 0.3) is 0 Å². The summed E-state index contributed by atoms with van der Waals surface area (Å²) in [5.74, 6) is -1.13. The van der Waals surface area contributed by atoms with E-state index in [1.54, 1.807) is 19.3 Å². The van der Waals surface area contributed by atoms with Crippen LogP contribution in [-0.2, 0) is 6.54 Å². The van der Waals surface area contributed by atoms with E-state index in [1.165, 1.54) is 12.1 Å². The molecule has 3 nitrogen and oxygen atoms in total. The summed E-state index contributed by atoms with van der Waals surface area (Å²) in [5, 5.41) is 3.11. The third kappa shape index (κ3) is 3.79. The molecule has 0 saturated heterocycles. The summed E-state index contributed by atoms with van der Waals surface area (Å²) >= 11 is 0. The van der Waals surface area contributed by atoms with E-state index in [0.717, 1.165) is 11.8 Å². The van der Waals surface area contributed by atoms with Crippen molar-refractivity contribution in [2.24, 2.45) is 0 Å². The van der Waals surface area contributed by atoms with Crippen molar-refractivity contribution in [2.45, 2.75) is 19.6 Å². The fraction of sp³-hybridized carbons (Fsp3) is 0.286. The van der Waals surface area contributed by atoms with Crippen molar-refractivity contribution < 1.29 is 17.9 Å². The Balaban J connectivity index is 1.80. The van der Waals surface area contributed by atoms with Gasteiger partial charge < -0.3 is 14.5 Å². The first kappa shape index (κ1) is 13.5. The summed E-state index contributed by atoms with van der Waals surface area (Å²) in [6.45, 7) is 2.84. The fourth-order valence-electron chi connectivity index (χ4n) is 1.65. The van der Waals surface area contributed by atoms with Crippen molar-refractivity contribution in [3.63, 3.8) is 0 Å². The molecular weight excluding hydrogens is 252 g/mol. The molecule has 1 aromatic carbocycles. The summed E-state index contributed by atoms with van der Waals surface area (Å²) in [6.07, 6.45) is 1.31. The molecule has 5 heteroatoms. The number of halogens is 2. The molecule has 0 spiro atoms. The third-order valence-electron chi connectivity index (χ3n) is 2.56. The molecule has 2 aromatic rings. The third-order valence-corrected chi connectivity index (χ3v) is 2.56. The van der Waals surface area contributed by atoms with Gasteiger partial charge in [-0.15, -0.1) is 0 Å². The highest BCUT2D eigenvalue weighted by molar-refractivity contribution is 5.25. The van der Waals surface area contributed by atoms with Crippen molar-refractivity contribution in [3.8, 4) is 5.75 Å². The number of hydrogen-bond acceptors (Lipinski definition) is 3. The Kier molecular flexibility index (Phi) is 4.52. The smallest absolute Gasteiger partial charge is 0.200 e. The normalized spacial score (nSPS) is 12.4. The molecule has 1 unspecified atom stereocenters. The highest BCUT2D eigenvalue weighted by atomic mass is 19.2. The van der Waals surface area contributed by atoms with Crippen LogP contribution in [-0.4, -0.2) is 12.6 Å². The van der Waals surface area contributed by atoms with Gasteiger partial charge in [-0.1, -0.05) is 6.07 Å². The van der Waals surface area contributed by atoms with Gasteiger partial charge in [-0.3, -0.25) is 0 Å². The van der Waals surface area contributed by atoms with E-state index in [-0.39, 0.29) is 11.9 Å². The topological polar surface area (TPSA) is 34.4 Å². The second kappa shape index (κ2) is 6.33. The largest absolute Gasteiger partial charge is 0.486 e. The zero-order chi connectivity index (χ0) is 13.7. The van der Waals surface area contributed by atoms with Gasteiger partial charge in [-0.25, -0.2) is 4.39 Å². The number of furan rings is 1. The Labute approximate surface area is 110 Å². The fourth-order valence-corrected chi connectivity index (χ4v) is 1.65. The summed E-state index contributed by atoms with van der Waals surface area (Å²) in [4.78, 5) is 0. The van der Waals surface area contributed by atoms with Crippen LogP contribution in [0.2, 0.25) is 0 Å². The Bertz CT molecular complexity index is 514. The molecule has 2 rings (SSSR count). The summed E-state index contributed by atoms with van der Waals surface area (Å²) < 4.78 is 36.8. The highest BCUT2D eigenvalue weighted by Gasteiger charge is 2.11. The van der Waals surface area contributed by atoms with E-state index >= 15 is 0 Å². The predicted molar refractivity (Wildman–Crippen MR) is 66.9 cm³/mol. The van der Waals surface area contributed by atoms with Crippen molar-refractivity contribution in [1.29, 1.82) is 0 Å². The lowest BCUT2D eigenvalue weighted by Crippen LogP contribution is -2.28. The van der Waals surface area contributed by atoms with Gasteiger partial charge in [0.25, 0.3) is 0 Å². The molecule has 1 atom stereocenters. The quantitative estimate of drug-likeness (QED) is 0.873. The Morgan fingerprint density at radius 3 is 2.84 bits per heavy atom. The summed E-state index contributed by atoms with van der Waals surface area (Å²) in [5.41, 5.74) is 0. The van der Waals surface area contributed by atoms with E-state index in [0.29, 0.717) is 13.1 Å². The number of rotatable bonds is 6. The van der Waals surface area contributed by atoms with Crippen LogP contribution in [0.4, 0.5) is 8.78 Å². The minimum absolute atomic E-state index is 0.0766. The van der Waals surface area contributed by atoms with Gasteiger partial charge in [0.1, 0.15) is 11.9 Å². The van der Waals surface area contributed by atoms with E-state index in [2.05, 4.69) is 5.32 Å². The second-order valence-corrected chi connectivity index (χ2v) is 4.19. The molecule has 1 aromatic heterocycles. The highest BCUT2D eigenvalue weighted by Crippen LogP contribution is 2.20. The van der Waals surface area contributed by atoms with E-state index in [4.69, 9.17) is 9.15 Å². The monoisotopic (exact) mass is 267 g/mol. The molecule has 1 N–H and O–H groups in total. The van der Waals surface area contributed by atoms with Gasteiger partial charge in [-0.2, -0.15) is 4.39 Å². The Morgan fingerprint density at radius 1 is 1.26 bits per heavy atom. The van der Waals surface area contributed by atoms with Crippen LogP contribution in [0.3, 0.4) is 0 Å². The molecule has 102 valence electrons. The van der Waals surface area contributed by atoms with Gasteiger partial charge in [0.15, 0.2) is 11.6 Å². The summed E-state index contributed by atoms with van der Waals surface area (Å²) in [6, 6.07) is 7.53. The second-order valence-electron chi connectivity index (χ2n) is 4.19. The number of benzene rings is 1. The first-order chi connectivity index (χ1) is 9.16. The van der Waals surface area contributed by atoms with Crippen LogP contribution in [0.15, 0.2) is 41.0 Å². The first-order valence-corrected chi connectivity index (χ1v) is 6.00. The first-order valence-electron chi connectivity index (χ1n) is 6.00. The van der Waals surface area contributed by atoms with Crippen LogP contribution >= 0.6 is 0 Å². The van der Waals surface area contributed by atoms with Crippen molar-refractivity contribution in [3.05, 3.63) is 54.0 Å². The predicted octanol–water partition coefficient (Wildman–Crippen LogP) is 3.11. The van der Waals surface area contributed by atoms with E-state index in [1.807, 2.05) is 6.07 Å². The maximum atomic E-state index is 13.4. The molecule has 0 aliphatic rings. The van der Waals surface area contributed by atoms with Crippen LogP contribution in [0.5, 0.6) is 5.75 Å². The average Bonchev–Trinajstić information content (AvgIpc) is 2.88. The lowest BCUT2D eigenvalue weighted by Gasteiger charge is -2.15. The van der Waals surface area contributed by atoms with Gasteiger partial charge in [0, 0.05) is 6.54 Å². The maximum absolute atomic E-state index is 13.4. The summed E-state index contributed by atoms with van der Waals surface area (Å²) in [7, 11) is 0. The zero-order valence-electron chi connectivity index (χ0n) is 10.5. The molecule has 0 saturated carbocycles. The molecule has 0 bridgehead atoms. The van der Waals surface area contributed by atoms with E-state index < -0.39 is 11.6 Å². The SMILES string of the molecule is CC(CNCc1ccco1)Oc1cccc(F)c1F. The Hall–Kier alpha value is -1.88. The van der Waals surface area contributed by atoms with Crippen LogP contribution in [0.1, 0.15) is 12.7 Å². The molecule has 0 radical (unpaired) electrons. The van der Waals surface area contributed by atoms with Gasteiger partial charge in [0.2, 0.25) is 5.82 Å². The molecular formula is C14H15F2NO2. The molecule has 0 amide bonds. The van der Waals surface area contributed by atoms with E-state index in [9.17, 15) is 8.78 Å². The lowest BCUT2D eigenvalue weighted by atomic mass is 10.3. The van der Waals surface area contributed by atoms with Crippen molar-refractivity contribution >= 4 is 0 Å². The molecule has 19 heavy (non-hydrogen) atoms. The van der Waals surface area contributed by atoms with Gasteiger partial charge in [0.05, 0.1) is 12.8 Å². The lowest BCUT2D eigenvalue weighted by molar-refractivity contribution is 0.204. The standard InChI is InChI=1S/C14H15F2NO2/c1-10(8-17-9-11-4-3-7-18-11)19-13-6-2-5-12(15)14(13)16/h2-7,10,17H,8-9H2,1H3.